The van der Waals surface area contributed by atoms with Crippen LogP contribution in [0.5, 0.6) is 0 Å². The molecule has 20 heavy (non-hydrogen) atoms. The van der Waals surface area contributed by atoms with Crippen LogP contribution in [-0.2, 0) is 9.53 Å². The van der Waals surface area contributed by atoms with Gasteiger partial charge in [0.25, 0.3) is 5.91 Å². The van der Waals surface area contributed by atoms with Gasteiger partial charge in [0.15, 0.2) is 0 Å². The number of hydrogen-bond acceptors (Lipinski definition) is 4. The fourth-order valence-corrected chi connectivity index (χ4v) is 2.35. The van der Waals surface area contributed by atoms with Gasteiger partial charge >= 0.3 is 5.97 Å². The number of carbonyl (C=O) groups is 2. The van der Waals surface area contributed by atoms with E-state index in [0.29, 0.717) is 43.3 Å². The predicted molar refractivity (Wildman–Crippen MR) is 74.5 cm³/mol. The molecule has 1 amide bonds. The minimum absolute atomic E-state index is 0.0998. The van der Waals surface area contributed by atoms with Gasteiger partial charge in [-0.15, -0.1) is 0 Å². The van der Waals surface area contributed by atoms with Crippen molar-refractivity contribution in [1.82, 2.24) is 9.88 Å². The highest BCUT2D eigenvalue weighted by molar-refractivity contribution is 6.30. The zero-order chi connectivity index (χ0) is 14.5. The smallest absolute Gasteiger partial charge is 0.309 e. The maximum atomic E-state index is 12.2. The summed E-state index contributed by atoms with van der Waals surface area (Å²) in [6, 6.07) is 3.26. The first-order valence-corrected chi connectivity index (χ1v) is 7.07. The van der Waals surface area contributed by atoms with Crippen molar-refractivity contribution in [3.63, 3.8) is 0 Å². The number of carbonyl (C=O) groups excluding carboxylic acids is 2. The number of piperidine rings is 1. The fraction of sp³-hybridized carbons (Fsp3) is 0.500. The maximum Gasteiger partial charge on any atom is 0.309 e. The molecule has 5 nitrogen and oxygen atoms in total. The Morgan fingerprint density at radius 3 is 2.65 bits per heavy atom. The van der Waals surface area contributed by atoms with Crippen molar-refractivity contribution in [3.05, 3.63) is 29.0 Å². The molecule has 0 aliphatic carbocycles. The molecular weight excluding hydrogens is 280 g/mol. The molecule has 0 unspecified atom stereocenters. The molecule has 2 rings (SSSR count). The molecule has 0 N–H and O–H groups in total. The summed E-state index contributed by atoms with van der Waals surface area (Å²) >= 11 is 5.75. The Bertz CT molecular complexity index is 482. The summed E-state index contributed by atoms with van der Waals surface area (Å²) < 4.78 is 5.01. The highest BCUT2D eigenvalue weighted by Gasteiger charge is 2.28. The topological polar surface area (TPSA) is 59.5 Å². The third-order valence-corrected chi connectivity index (χ3v) is 3.57. The van der Waals surface area contributed by atoms with Crippen LogP contribution in [0.1, 0.15) is 30.3 Å². The van der Waals surface area contributed by atoms with Crippen molar-refractivity contribution < 1.29 is 14.3 Å². The van der Waals surface area contributed by atoms with E-state index in [4.69, 9.17) is 16.3 Å². The SMILES string of the molecule is CCOC(=O)C1CCN(C(=O)c2ccc(Cl)cn2)CC1. The Labute approximate surface area is 122 Å². The van der Waals surface area contributed by atoms with Crippen molar-refractivity contribution >= 4 is 23.5 Å². The first-order valence-electron chi connectivity index (χ1n) is 6.69. The molecule has 0 aromatic carbocycles. The van der Waals surface area contributed by atoms with E-state index in [2.05, 4.69) is 4.98 Å². The quantitative estimate of drug-likeness (QED) is 0.802. The van der Waals surface area contributed by atoms with Gasteiger partial charge in [0, 0.05) is 19.3 Å². The summed E-state index contributed by atoms with van der Waals surface area (Å²) in [7, 11) is 0. The van der Waals surface area contributed by atoms with Gasteiger partial charge in [-0.3, -0.25) is 9.59 Å². The highest BCUT2D eigenvalue weighted by atomic mass is 35.5. The molecule has 1 saturated heterocycles. The number of hydrogen-bond donors (Lipinski definition) is 0. The Morgan fingerprint density at radius 1 is 1.40 bits per heavy atom. The number of nitrogens with zero attached hydrogens (tertiary/aromatic N) is 2. The highest BCUT2D eigenvalue weighted by Crippen LogP contribution is 2.20. The average molecular weight is 297 g/mol. The number of ether oxygens (including phenoxy) is 1. The minimum atomic E-state index is -0.163. The van der Waals surface area contributed by atoms with E-state index in [0.717, 1.165) is 0 Å². The van der Waals surface area contributed by atoms with Crippen LogP contribution in [0.15, 0.2) is 18.3 Å². The van der Waals surface area contributed by atoms with Gasteiger partial charge in [0.1, 0.15) is 5.69 Å². The summed E-state index contributed by atoms with van der Waals surface area (Å²) in [5.41, 5.74) is 0.379. The molecule has 0 atom stereocenters. The first kappa shape index (κ1) is 14.8. The second-order valence-electron chi connectivity index (χ2n) is 4.68. The molecule has 1 aliphatic heterocycles. The normalized spacial score (nSPS) is 16.0. The van der Waals surface area contributed by atoms with Gasteiger partial charge in [-0.1, -0.05) is 11.6 Å². The maximum absolute atomic E-state index is 12.2. The number of esters is 1. The van der Waals surface area contributed by atoms with E-state index in [1.807, 2.05) is 0 Å². The predicted octanol–water partition coefficient (Wildman–Crippen LogP) is 2.15. The Balaban J connectivity index is 1.92. The Kier molecular flexibility index (Phi) is 4.95. The van der Waals surface area contributed by atoms with E-state index in [-0.39, 0.29) is 17.8 Å². The largest absolute Gasteiger partial charge is 0.466 e. The van der Waals surface area contributed by atoms with Crippen LogP contribution < -0.4 is 0 Å². The van der Waals surface area contributed by atoms with E-state index in [1.54, 1.807) is 24.0 Å². The summed E-state index contributed by atoms with van der Waals surface area (Å²) in [5.74, 6) is -0.384. The second-order valence-corrected chi connectivity index (χ2v) is 5.12. The van der Waals surface area contributed by atoms with Crippen LogP contribution in [0.3, 0.4) is 0 Å². The van der Waals surface area contributed by atoms with Crippen molar-refractivity contribution in [3.8, 4) is 0 Å². The molecule has 1 aliphatic rings. The summed E-state index contributed by atoms with van der Waals surface area (Å²) in [4.78, 5) is 29.6. The van der Waals surface area contributed by atoms with E-state index < -0.39 is 0 Å². The van der Waals surface area contributed by atoms with Gasteiger partial charge in [-0.05, 0) is 31.9 Å². The van der Waals surface area contributed by atoms with Gasteiger partial charge in [0.05, 0.1) is 17.5 Å². The van der Waals surface area contributed by atoms with Gasteiger partial charge in [-0.2, -0.15) is 0 Å². The first-order chi connectivity index (χ1) is 9.61. The minimum Gasteiger partial charge on any atom is -0.466 e. The van der Waals surface area contributed by atoms with Crippen LogP contribution >= 0.6 is 11.6 Å². The second kappa shape index (κ2) is 6.70. The molecule has 2 heterocycles. The van der Waals surface area contributed by atoms with Crippen molar-refractivity contribution in [1.29, 1.82) is 0 Å². The van der Waals surface area contributed by atoms with Gasteiger partial charge in [-0.25, -0.2) is 4.98 Å². The Morgan fingerprint density at radius 2 is 2.10 bits per heavy atom. The molecule has 0 saturated carbocycles. The number of amides is 1. The molecule has 108 valence electrons. The zero-order valence-electron chi connectivity index (χ0n) is 11.3. The van der Waals surface area contributed by atoms with Crippen LogP contribution in [-0.4, -0.2) is 41.5 Å². The van der Waals surface area contributed by atoms with Crippen molar-refractivity contribution in [2.24, 2.45) is 5.92 Å². The molecule has 0 radical (unpaired) electrons. The lowest BCUT2D eigenvalue weighted by Gasteiger charge is -2.30. The fourth-order valence-electron chi connectivity index (χ4n) is 2.24. The van der Waals surface area contributed by atoms with Crippen molar-refractivity contribution in [2.45, 2.75) is 19.8 Å². The summed E-state index contributed by atoms with van der Waals surface area (Å²) in [5, 5.41) is 0.502. The lowest BCUT2D eigenvalue weighted by molar-refractivity contribution is -0.149. The van der Waals surface area contributed by atoms with Crippen LogP contribution in [0, 0.1) is 5.92 Å². The monoisotopic (exact) mass is 296 g/mol. The summed E-state index contributed by atoms with van der Waals surface area (Å²) in [6.07, 6.45) is 2.73. The van der Waals surface area contributed by atoms with Crippen LogP contribution in [0.4, 0.5) is 0 Å². The molecule has 1 fully saturated rings. The zero-order valence-corrected chi connectivity index (χ0v) is 12.1. The third-order valence-electron chi connectivity index (χ3n) is 3.35. The van der Waals surface area contributed by atoms with E-state index >= 15 is 0 Å². The van der Waals surface area contributed by atoms with E-state index in [1.165, 1.54) is 6.20 Å². The molecule has 0 spiro atoms. The lowest BCUT2D eigenvalue weighted by atomic mass is 9.97. The third kappa shape index (κ3) is 3.48. The molecule has 1 aromatic rings. The number of rotatable bonds is 3. The molecule has 0 bridgehead atoms. The molecular formula is C14H17ClN2O3. The molecule has 1 aromatic heterocycles. The lowest BCUT2D eigenvalue weighted by Crippen LogP contribution is -2.40. The van der Waals surface area contributed by atoms with Gasteiger partial charge in [0.2, 0.25) is 0 Å². The van der Waals surface area contributed by atoms with Gasteiger partial charge < -0.3 is 9.64 Å². The number of pyridine rings is 1. The van der Waals surface area contributed by atoms with E-state index in [9.17, 15) is 9.59 Å². The number of aromatic nitrogens is 1. The average Bonchev–Trinajstić information content (AvgIpc) is 2.48. The Hall–Kier alpha value is -1.62. The number of halogens is 1. The van der Waals surface area contributed by atoms with Crippen LogP contribution in [0.2, 0.25) is 5.02 Å². The van der Waals surface area contributed by atoms with Crippen LogP contribution in [0.25, 0.3) is 0 Å². The number of likely N-dealkylation sites (tertiary alicyclic amines) is 1. The summed E-state index contributed by atoms with van der Waals surface area (Å²) in [6.45, 7) is 3.29. The molecule has 6 heteroatoms. The van der Waals surface area contributed by atoms with Crippen molar-refractivity contribution in [2.75, 3.05) is 19.7 Å². The standard InChI is InChI=1S/C14H17ClN2O3/c1-2-20-14(19)10-5-7-17(8-6-10)13(18)12-4-3-11(15)9-16-12/h3-4,9-10H,2,5-8H2,1H3.